The number of methoxy groups -OCH3 is 1. The molecule has 0 aliphatic heterocycles. The largest absolute Gasteiger partial charge is 0.466 e. The molecule has 0 aliphatic carbocycles. The fourth-order valence-electron chi connectivity index (χ4n) is 0.947. The highest BCUT2D eigenvalue weighted by molar-refractivity contribution is 5.65. The zero-order valence-electron chi connectivity index (χ0n) is 12.3. The third-order valence-electron chi connectivity index (χ3n) is 1.83. The number of ether oxygens (including phenoxy) is 3. The van der Waals surface area contributed by atoms with E-state index in [2.05, 4.69) is 11.7 Å². The van der Waals surface area contributed by atoms with E-state index in [1.807, 2.05) is 6.92 Å². The molecule has 0 spiro atoms. The van der Waals surface area contributed by atoms with Crippen molar-refractivity contribution in [1.29, 1.82) is 0 Å². The molecule has 2 unspecified atom stereocenters. The molecule has 0 saturated carbocycles. The summed E-state index contributed by atoms with van der Waals surface area (Å²) in [7, 11) is 1.63. The summed E-state index contributed by atoms with van der Waals surface area (Å²) >= 11 is 0. The first-order chi connectivity index (χ1) is 8.43. The van der Waals surface area contributed by atoms with Crippen LogP contribution in [0.2, 0.25) is 0 Å². The zero-order chi connectivity index (χ0) is 14.4. The van der Waals surface area contributed by atoms with Gasteiger partial charge in [-0.15, -0.1) is 0 Å². The van der Waals surface area contributed by atoms with Crippen molar-refractivity contribution in [3.63, 3.8) is 0 Å². The third-order valence-corrected chi connectivity index (χ3v) is 1.83. The summed E-state index contributed by atoms with van der Waals surface area (Å²) in [6.45, 7) is 8.62. The number of hydrogen-bond acceptors (Lipinski definition) is 5. The van der Waals surface area contributed by atoms with Crippen LogP contribution in [-0.4, -0.2) is 50.2 Å². The fourth-order valence-corrected chi connectivity index (χ4v) is 0.947. The second-order valence-corrected chi connectivity index (χ2v) is 4.14. The molecule has 1 N–H and O–H groups in total. The molecule has 0 amide bonds. The van der Waals surface area contributed by atoms with Gasteiger partial charge in [-0.05, 0) is 20.3 Å². The molecule has 5 heteroatoms. The Balaban J connectivity index is 0. The van der Waals surface area contributed by atoms with Gasteiger partial charge in [0.25, 0.3) is 0 Å². The molecule has 0 rings (SSSR count). The van der Waals surface area contributed by atoms with Crippen LogP contribution in [0.4, 0.5) is 0 Å². The van der Waals surface area contributed by atoms with Crippen molar-refractivity contribution in [2.75, 3.05) is 26.9 Å². The van der Waals surface area contributed by atoms with Crippen LogP contribution in [0.25, 0.3) is 0 Å². The molecule has 0 radical (unpaired) electrons. The van der Waals surface area contributed by atoms with Crippen molar-refractivity contribution in [3.8, 4) is 0 Å². The van der Waals surface area contributed by atoms with Crippen LogP contribution in [-0.2, 0) is 19.0 Å². The lowest BCUT2D eigenvalue weighted by atomic mass is 10.4. The van der Waals surface area contributed by atoms with E-state index in [1.165, 1.54) is 6.92 Å². The Kier molecular flexibility index (Phi) is 15.8. The van der Waals surface area contributed by atoms with E-state index in [-0.39, 0.29) is 18.2 Å². The van der Waals surface area contributed by atoms with E-state index in [4.69, 9.17) is 14.6 Å². The maximum Gasteiger partial charge on any atom is 0.302 e. The lowest BCUT2D eigenvalue weighted by Gasteiger charge is -2.12. The van der Waals surface area contributed by atoms with Crippen LogP contribution in [0.3, 0.4) is 0 Å². The van der Waals surface area contributed by atoms with Gasteiger partial charge in [-0.25, -0.2) is 0 Å². The van der Waals surface area contributed by atoms with Gasteiger partial charge in [-0.1, -0.05) is 13.3 Å². The Morgan fingerprint density at radius 1 is 1.28 bits per heavy atom. The Labute approximate surface area is 110 Å². The molecule has 0 aliphatic rings. The molecule has 0 aromatic rings. The predicted octanol–water partition coefficient (Wildman–Crippen LogP) is 1.77. The van der Waals surface area contributed by atoms with E-state index >= 15 is 0 Å². The quantitative estimate of drug-likeness (QED) is 0.534. The van der Waals surface area contributed by atoms with Gasteiger partial charge in [0, 0.05) is 14.0 Å². The molecule has 18 heavy (non-hydrogen) atoms. The van der Waals surface area contributed by atoms with E-state index in [0.29, 0.717) is 19.8 Å². The van der Waals surface area contributed by atoms with Gasteiger partial charge in [-0.2, -0.15) is 0 Å². The minimum absolute atomic E-state index is 0.0691. The van der Waals surface area contributed by atoms with Gasteiger partial charge < -0.3 is 19.3 Å². The molecule has 0 aromatic carbocycles. The highest BCUT2D eigenvalue weighted by Crippen LogP contribution is 1.92. The van der Waals surface area contributed by atoms with Crippen molar-refractivity contribution in [2.24, 2.45) is 0 Å². The number of hydrogen-bond donors (Lipinski definition) is 1. The molecular weight excluding hydrogens is 236 g/mol. The number of unbranched alkanes of at least 4 members (excludes halogenated alkanes) is 1. The van der Waals surface area contributed by atoms with Gasteiger partial charge in [0.2, 0.25) is 0 Å². The molecule has 2 atom stereocenters. The number of carbonyl (C=O) groups is 1. The molecule has 0 bridgehead atoms. The standard InChI is InChI=1S/C7H16O3.C6H12O2/c1-6(8)4-10-7(2)5-9-3;1-3-4-5-8-6(2)7/h6-8H,4-5H2,1-3H3;3-5H2,1-2H3. The average molecular weight is 264 g/mol. The van der Waals surface area contributed by atoms with Crippen LogP contribution < -0.4 is 0 Å². The maximum atomic E-state index is 10.1. The summed E-state index contributed by atoms with van der Waals surface area (Å²) in [5, 5.41) is 8.80. The van der Waals surface area contributed by atoms with E-state index in [9.17, 15) is 4.79 Å². The molecule has 0 fully saturated rings. The zero-order valence-corrected chi connectivity index (χ0v) is 12.3. The first-order valence-electron chi connectivity index (χ1n) is 6.35. The Bertz CT molecular complexity index is 182. The van der Waals surface area contributed by atoms with Crippen LogP contribution in [0.5, 0.6) is 0 Å². The van der Waals surface area contributed by atoms with Gasteiger partial charge in [0.1, 0.15) is 0 Å². The van der Waals surface area contributed by atoms with E-state index < -0.39 is 0 Å². The van der Waals surface area contributed by atoms with Crippen LogP contribution in [0.1, 0.15) is 40.5 Å². The van der Waals surface area contributed by atoms with Gasteiger partial charge in [0.15, 0.2) is 0 Å². The van der Waals surface area contributed by atoms with Crippen LogP contribution >= 0.6 is 0 Å². The number of carbonyl (C=O) groups excluding carboxylic acids is 1. The van der Waals surface area contributed by atoms with Crippen molar-refractivity contribution in [1.82, 2.24) is 0 Å². The number of aliphatic hydroxyl groups excluding tert-OH is 1. The second kappa shape index (κ2) is 14.4. The molecule has 5 nitrogen and oxygen atoms in total. The van der Waals surface area contributed by atoms with Crippen molar-refractivity contribution < 1.29 is 24.1 Å². The fraction of sp³-hybridized carbons (Fsp3) is 0.923. The summed E-state index contributed by atoms with van der Waals surface area (Å²) in [5.41, 5.74) is 0. The smallest absolute Gasteiger partial charge is 0.302 e. The van der Waals surface area contributed by atoms with E-state index in [1.54, 1.807) is 14.0 Å². The lowest BCUT2D eigenvalue weighted by molar-refractivity contribution is -0.141. The van der Waals surface area contributed by atoms with E-state index in [0.717, 1.165) is 12.8 Å². The summed E-state index contributed by atoms with van der Waals surface area (Å²) in [6.07, 6.45) is 1.73. The number of aliphatic hydroxyl groups is 1. The Morgan fingerprint density at radius 3 is 2.28 bits per heavy atom. The van der Waals surface area contributed by atoms with Gasteiger partial charge in [0.05, 0.1) is 32.0 Å². The van der Waals surface area contributed by atoms with Gasteiger partial charge >= 0.3 is 5.97 Å². The minimum atomic E-state index is -0.390. The number of esters is 1. The Morgan fingerprint density at radius 2 is 1.89 bits per heavy atom. The molecule has 110 valence electrons. The first-order valence-corrected chi connectivity index (χ1v) is 6.35. The minimum Gasteiger partial charge on any atom is -0.466 e. The summed E-state index contributed by atoms with van der Waals surface area (Å²) in [6, 6.07) is 0. The Hall–Kier alpha value is -0.650. The molecule has 0 aromatic heterocycles. The van der Waals surface area contributed by atoms with Crippen LogP contribution in [0, 0.1) is 0 Å². The SMILES string of the molecule is CCCCOC(C)=O.COCC(C)OCC(C)O. The normalized spacial score (nSPS) is 13.2. The molecular formula is C13H28O5. The summed E-state index contributed by atoms with van der Waals surface area (Å²) in [5.74, 6) is -0.182. The monoisotopic (exact) mass is 264 g/mol. The third kappa shape index (κ3) is 20.7. The topological polar surface area (TPSA) is 65.0 Å². The van der Waals surface area contributed by atoms with Crippen LogP contribution in [0.15, 0.2) is 0 Å². The average Bonchev–Trinajstić information content (AvgIpc) is 2.28. The first kappa shape index (κ1) is 19.7. The van der Waals surface area contributed by atoms with Crippen molar-refractivity contribution in [2.45, 2.75) is 52.7 Å². The predicted molar refractivity (Wildman–Crippen MR) is 70.5 cm³/mol. The summed E-state index contributed by atoms with van der Waals surface area (Å²) < 4.78 is 14.6. The van der Waals surface area contributed by atoms with Gasteiger partial charge in [-0.3, -0.25) is 4.79 Å². The summed E-state index contributed by atoms with van der Waals surface area (Å²) in [4.78, 5) is 10.1. The van der Waals surface area contributed by atoms with Crippen molar-refractivity contribution >= 4 is 5.97 Å². The van der Waals surface area contributed by atoms with Crippen molar-refractivity contribution in [3.05, 3.63) is 0 Å². The highest BCUT2D eigenvalue weighted by Gasteiger charge is 2.02. The maximum absolute atomic E-state index is 10.1. The molecule has 0 heterocycles. The number of rotatable bonds is 8. The molecule has 0 saturated heterocycles. The highest BCUT2D eigenvalue weighted by atomic mass is 16.5. The lowest BCUT2D eigenvalue weighted by Crippen LogP contribution is -2.20. The second-order valence-electron chi connectivity index (χ2n) is 4.14.